The molecule has 0 spiro atoms. The third-order valence-corrected chi connectivity index (χ3v) is 5.79. The lowest BCUT2D eigenvalue weighted by Crippen LogP contribution is -2.51. The zero-order chi connectivity index (χ0) is 21.6. The van der Waals surface area contributed by atoms with Crippen molar-refractivity contribution in [3.8, 4) is 5.75 Å². The van der Waals surface area contributed by atoms with E-state index >= 15 is 0 Å². The van der Waals surface area contributed by atoms with Gasteiger partial charge in [-0.05, 0) is 25.0 Å². The Kier molecular flexibility index (Phi) is 9.66. The van der Waals surface area contributed by atoms with Crippen molar-refractivity contribution in [1.29, 1.82) is 0 Å². The van der Waals surface area contributed by atoms with E-state index < -0.39 is 11.9 Å². The number of hydrogen-bond acceptors (Lipinski definition) is 5. The number of aromatic nitrogens is 1. The molecule has 1 aromatic heterocycles. The van der Waals surface area contributed by atoms with E-state index in [1.165, 1.54) is 0 Å². The van der Waals surface area contributed by atoms with E-state index in [-0.39, 0.29) is 30.0 Å². The molecule has 1 unspecified atom stereocenters. The zero-order valence-corrected chi connectivity index (χ0v) is 20.6. The molecule has 2 N–H and O–H groups in total. The largest absolute Gasteiger partial charge is 0.495 e. The number of thiazole rings is 1. The lowest BCUT2D eigenvalue weighted by atomic mass is 10.0. The van der Waals surface area contributed by atoms with Gasteiger partial charge in [-0.3, -0.25) is 4.99 Å². The first-order valence-electron chi connectivity index (χ1n) is 9.77. The maximum atomic E-state index is 12.7. The minimum absolute atomic E-state index is 0. The molecule has 2 heterocycles. The summed E-state index contributed by atoms with van der Waals surface area (Å²) in [5, 5.41) is 8.09. The molecule has 0 bridgehead atoms. The highest BCUT2D eigenvalue weighted by atomic mass is 127. The third-order valence-electron chi connectivity index (χ3n) is 4.89. The number of piperidine rings is 1. The van der Waals surface area contributed by atoms with Gasteiger partial charge in [0.05, 0.1) is 17.8 Å². The molecular formula is C20H27F3IN5OS. The van der Waals surface area contributed by atoms with E-state index in [0.29, 0.717) is 23.9 Å². The molecule has 1 aliphatic heterocycles. The van der Waals surface area contributed by atoms with E-state index in [2.05, 4.69) is 31.6 Å². The highest BCUT2D eigenvalue weighted by molar-refractivity contribution is 14.0. The number of nitrogens with one attached hydrogen (secondary N) is 2. The van der Waals surface area contributed by atoms with Gasteiger partial charge in [-0.25, -0.2) is 4.98 Å². The van der Waals surface area contributed by atoms with Crippen LogP contribution in [0.2, 0.25) is 0 Å². The lowest BCUT2D eigenvalue weighted by molar-refractivity contribution is -0.140. The van der Waals surface area contributed by atoms with Crippen molar-refractivity contribution in [1.82, 2.24) is 15.6 Å². The summed E-state index contributed by atoms with van der Waals surface area (Å²) in [6.07, 6.45) is -1.95. The van der Waals surface area contributed by atoms with Crippen LogP contribution in [0.5, 0.6) is 5.75 Å². The number of rotatable bonds is 6. The average molecular weight is 569 g/mol. The van der Waals surface area contributed by atoms with E-state index in [1.54, 1.807) is 14.2 Å². The number of anilines is 1. The topological polar surface area (TPSA) is 61.8 Å². The van der Waals surface area contributed by atoms with Gasteiger partial charge in [0.25, 0.3) is 0 Å². The molecule has 1 aliphatic rings. The van der Waals surface area contributed by atoms with Crippen LogP contribution in [0, 0.1) is 0 Å². The highest BCUT2D eigenvalue weighted by Crippen LogP contribution is 2.31. The maximum Gasteiger partial charge on any atom is 0.434 e. The number of benzene rings is 1. The second kappa shape index (κ2) is 11.7. The number of alkyl halides is 3. The van der Waals surface area contributed by atoms with Crippen molar-refractivity contribution >= 4 is 47.0 Å². The molecule has 0 saturated carbocycles. The van der Waals surface area contributed by atoms with Crippen LogP contribution in [0.1, 0.15) is 23.5 Å². The molecule has 1 saturated heterocycles. The standard InChI is InChI=1S/C20H26F3N5OS.HI/c1-24-19(25-10-9-18-27-17(13-30-18)20(21,22)23)26-14-6-5-11-28(12-14)15-7-3-4-8-16(15)29-2;/h3-4,7-8,13-14H,5-6,9-12H2,1-2H3,(H2,24,25,26);1H. The molecule has 1 aromatic carbocycles. The van der Waals surface area contributed by atoms with E-state index in [0.717, 1.165) is 54.1 Å². The van der Waals surface area contributed by atoms with Crippen LogP contribution in [0.15, 0.2) is 34.6 Å². The van der Waals surface area contributed by atoms with Crippen LogP contribution in [-0.4, -0.2) is 50.8 Å². The third kappa shape index (κ3) is 7.13. The smallest absolute Gasteiger partial charge is 0.434 e. The van der Waals surface area contributed by atoms with Gasteiger partial charge in [-0.1, -0.05) is 12.1 Å². The van der Waals surface area contributed by atoms with Crippen molar-refractivity contribution in [3.05, 3.63) is 40.3 Å². The Labute approximate surface area is 201 Å². The number of guanidine groups is 1. The summed E-state index contributed by atoms with van der Waals surface area (Å²) >= 11 is 1.02. The number of nitrogens with zero attached hydrogens (tertiary/aromatic N) is 3. The van der Waals surface area contributed by atoms with Gasteiger partial charge in [0.15, 0.2) is 11.7 Å². The van der Waals surface area contributed by atoms with Gasteiger partial charge >= 0.3 is 6.18 Å². The molecule has 31 heavy (non-hydrogen) atoms. The number of hydrogen-bond donors (Lipinski definition) is 2. The second-order valence-electron chi connectivity index (χ2n) is 6.97. The molecular weight excluding hydrogens is 542 g/mol. The first-order valence-corrected chi connectivity index (χ1v) is 10.7. The second-order valence-corrected chi connectivity index (χ2v) is 7.92. The number of halogens is 4. The van der Waals surface area contributed by atoms with Crippen LogP contribution < -0.4 is 20.3 Å². The van der Waals surface area contributed by atoms with Crippen molar-refractivity contribution in [2.75, 3.05) is 38.7 Å². The van der Waals surface area contributed by atoms with Crippen molar-refractivity contribution in [2.45, 2.75) is 31.5 Å². The van der Waals surface area contributed by atoms with Gasteiger partial charge in [-0.15, -0.1) is 35.3 Å². The normalized spacial score (nSPS) is 17.1. The van der Waals surface area contributed by atoms with E-state index in [9.17, 15) is 13.2 Å². The van der Waals surface area contributed by atoms with Crippen LogP contribution in [0.3, 0.4) is 0 Å². The van der Waals surface area contributed by atoms with Crippen LogP contribution in [-0.2, 0) is 12.6 Å². The highest BCUT2D eigenvalue weighted by Gasteiger charge is 2.33. The summed E-state index contributed by atoms with van der Waals surface area (Å²) in [7, 11) is 3.35. The molecule has 3 rings (SSSR count). The summed E-state index contributed by atoms with van der Waals surface area (Å²) in [5.74, 6) is 1.48. The lowest BCUT2D eigenvalue weighted by Gasteiger charge is -2.36. The fourth-order valence-electron chi connectivity index (χ4n) is 3.44. The fraction of sp³-hybridized carbons (Fsp3) is 0.500. The Morgan fingerprint density at radius 2 is 2.13 bits per heavy atom. The van der Waals surface area contributed by atoms with E-state index in [1.807, 2.05) is 18.2 Å². The van der Waals surface area contributed by atoms with Gasteiger partial charge in [0.1, 0.15) is 5.75 Å². The predicted octanol–water partition coefficient (Wildman–Crippen LogP) is 4.17. The SMILES string of the molecule is CN=C(NCCc1nc(C(F)(F)F)cs1)NC1CCCN(c2ccccc2OC)C1.I. The first kappa shape index (κ1) is 25.5. The molecule has 6 nitrogen and oxygen atoms in total. The summed E-state index contributed by atoms with van der Waals surface area (Å²) < 4.78 is 43.4. The van der Waals surface area contributed by atoms with Crippen LogP contribution >= 0.6 is 35.3 Å². The molecule has 0 aliphatic carbocycles. The molecule has 0 radical (unpaired) electrons. The average Bonchev–Trinajstić information content (AvgIpc) is 3.23. The number of ether oxygens (including phenoxy) is 1. The molecule has 172 valence electrons. The molecule has 11 heteroatoms. The summed E-state index contributed by atoms with van der Waals surface area (Å²) in [6, 6.07) is 8.16. The molecule has 2 aromatic rings. The Morgan fingerprint density at radius 3 is 2.81 bits per heavy atom. The first-order chi connectivity index (χ1) is 14.4. The van der Waals surface area contributed by atoms with Crippen molar-refractivity contribution in [2.24, 2.45) is 4.99 Å². The van der Waals surface area contributed by atoms with Crippen molar-refractivity contribution < 1.29 is 17.9 Å². The van der Waals surface area contributed by atoms with Crippen LogP contribution in [0.25, 0.3) is 0 Å². The molecule has 0 amide bonds. The zero-order valence-electron chi connectivity index (χ0n) is 17.4. The number of para-hydroxylation sites is 2. The van der Waals surface area contributed by atoms with Gasteiger partial charge in [-0.2, -0.15) is 13.2 Å². The Hall–Kier alpha value is -1.76. The fourth-order valence-corrected chi connectivity index (χ4v) is 4.24. The summed E-state index contributed by atoms with van der Waals surface area (Å²) in [4.78, 5) is 10.2. The Balaban J connectivity index is 0.00000341. The summed E-state index contributed by atoms with van der Waals surface area (Å²) in [6.45, 7) is 2.21. The summed E-state index contributed by atoms with van der Waals surface area (Å²) in [5.41, 5.74) is 0.238. The maximum absolute atomic E-state index is 12.7. The number of methoxy groups -OCH3 is 1. The minimum atomic E-state index is -4.39. The van der Waals surface area contributed by atoms with Gasteiger partial charge in [0.2, 0.25) is 0 Å². The Bertz CT molecular complexity index is 861. The quantitative estimate of drug-likeness (QED) is 0.311. The monoisotopic (exact) mass is 569 g/mol. The molecule has 1 atom stereocenters. The van der Waals surface area contributed by atoms with E-state index in [4.69, 9.17) is 4.74 Å². The van der Waals surface area contributed by atoms with Crippen molar-refractivity contribution in [3.63, 3.8) is 0 Å². The van der Waals surface area contributed by atoms with Gasteiger partial charge in [0, 0.05) is 44.5 Å². The van der Waals surface area contributed by atoms with Crippen LogP contribution in [0.4, 0.5) is 18.9 Å². The minimum Gasteiger partial charge on any atom is -0.495 e. The predicted molar refractivity (Wildman–Crippen MR) is 129 cm³/mol. The molecule has 1 fully saturated rings. The van der Waals surface area contributed by atoms with Gasteiger partial charge < -0.3 is 20.3 Å². The Morgan fingerprint density at radius 1 is 1.35 bits per heavy atom. The number of aliphatic imine (C=N–C) groups is 1.